The van der Waals surface area contributed by atoms with E-state index in [-0.39, 0.29) is 18.7 Å². The standard InChI is InChI=1S/C14H21N3O3/c15-8-10(7-12(17)14(19)20)13(18)11(16)6-9-4-2-1-3-5-9/h1-5,10-12H,6-8,15-17H2,(H,19,20)/t10?,11-,12-/m0/s1. The van der Waals surface area contributed by atoms with Gasteiger partial charge in [-0.05, 0) is 18.4 Å². The summed E-state index contributed by atoms with van der Waals surface area (Å²) in [5.41, 5.74) is 17.8. The smallest absolute Gasteiger partial charge is 0.320 e. The lowest BCUT2D eigenvalue weighted by atomic mass is 9.89. The van der Waals surface area contributed by atoms with E-state index in [2.05, 4.69) is 0 Å². The van der Waals surface area contributed by atoms with Crippen LogP contribution in [0.4, 0.5) is 0 Å². The van der Waals surface area contributed by atoms with E-state index in [0.29, 0.717) is 6.42 Å². The summed E-state index contributed by atoms with van der Waals surface area (Å²) < 4.78 is 0. The Morgan fingerprint density at radius 1 is 1.10 bits per heavy atom. The van der Waals surface area contributed by atoms with Gasteiger partial charge in [0.05, 0.1) is 6.04 Å². The number of Topliss-reactive ketones (excluding diaryl/α,β-unsaturated/α-hetero) is 1. The van der Waals surface area contributed by atoms with Crippen molar-refractivity contribution in [2.24, 2.45) is 23.1 Å². The third kappa shape index (κ3) is 4.73. The predicted molar refractivity (Wildman–Crippen MR) is 75.9 cm³/mol. The Kier molecular flexibility index (Phi) is 6.30. The maximum absolute atomic E-state index is 12.2. The van der Waals surface area contributed by atoms with Gasteiger partial charge in [0.1, 0.15) is 6.04 Å². The number of hydrogen-bond donors (Lipinski definition) is 4. The molecule has 0 aromatic heterocycles. The second-order valence-electron chi connectivity index (χ2n) is 4.81. The molecule has 0 saturated carbocycles. The van der Waals surface area contributed by atoms with Crippen LogP contribution >= 0.6 is 0 Å². The quantitative estimate of drug-likeness (QED) is 0.507. The molecule has 0 aliphatic carbocycles. The molecule has 1 unspecified atom stereocenters. The van der Waals surface area contributed by atoms with Crippen LogP contribution in [0.25, 0.3) is 0 Å². The van der Waals surface area contributed by atoms with E-state index in [0.717, 1.165) is 5.56 Å². The number of nitrogens with two attached hydrogens (primary N) is 3. The van der Waals surface area contributed by atoms with Gasteiger partial charge in [0.15, 0.2) is 5.78 Å². The van der Waals surface area contributed by atoms with Gasteiger partial charge in [0.25, 0.3) is 0 Å². The average Bonchev–Trinajstić information content (AvgIpc) is 2.44. The summed E-state index contributed by atoms with van der Waals surface area (Å²) in [5.74, 6) is -2.01. The van der Waals surface area contributed by atoms with Gasteiger partial charge in [-0.1, -0.05) is 30.3 Å². The predicted octanol–water partition coefficient (Wildman–Crippen LogP) is -0.498. The summed E-state index contributed by atoms with van der Waals surface area (Å²) in [6.07, 6.45) is 0.408. The molecule has 0 bridgehead atoms. The maximum atomic E-state index is 12.2. The highest BCUT2D eigenvalue weighted by molar-refractivity contribution is 5.87. The lowest BCUT2D eigenvalue weighted by Crippen LogP contribution is -2.44. The topological polar surface area (TPSA) is 132 Å². The van der Waals surface area contributed by atoms with E-state index in [1.165, 1.54) is 0 Å². The Morgan fingerprint density at radius 3 is 2.20 bits per heavy atom. The number of benzene rings is 1. The largest absolute Gasteiger partial charge is 0.480 e. The van der Waals surface area contributed by atoms with Crippen LogP contribution in [0.1, 0.15) is 12.0 Å². The van der Waals surface area contributed by atoms with Crippen LogP contribution in [0.3, 0.4) is 0 Å². The van der Waals surface area contributed by atoms with Crippen molar-refractivity contribution in [1.82, 2.24) is 0 Å². The number of hydrogen-bond acceptors (Lipinski definition) is 5. The molecule has 0 saturated heterocycles. The van der Waals surface area contributed by atoms with Crippen molar-refractivity contribution in [2.75, 3.05) is 6.54 Å². The van der Waals surface area contributed by atoms with E-state index in [1.807, 2.05) is 30.3 Å². The van der Waals surface area contributed by atoms with Crippen molar-refractivity contribution in [3.05, 3.63) is 35.9 Å². The molecule has 7 N–H and O–H groups in total. The lowest BCUT2D eigenvalue weighted by molar-refractivity contribution is -0.139. The van der Waals surface area contributed by atoms with Crippen LogP contribution in [0.5, 0.6) is 0 Å². The Bertz CT molecular complexity index is 450. The van der Waals surface area contributed by atoms with Crippen LogP contribution < -0.4 is 17.2 Å². The third-order valence-electron chi connectivity index (χ3n) is 3.21. The third-order valence-corrected chi connectivity index (χ3v) is 3.21. The summed E-state index contributed by atoms with van der Waals surface area (Å²) in [6.45, 7) is 0.0440. The van der Waals surface area contributed by atoms with Crippen LogP contribution in [-0.4, -0.2) is 35.5 Å². The van der Waals surface area contributed by atoms with Crippen LogP contribution in [0, 0.1) is 5.92 Å². The fourth-order valence-corrected chi connectivity index (χ4v) is 2.01. The summed E-state index contributed by atoms with van der Waals surface area (Å²) in [4.78, 5) is 22.9. The van der Waals surface area contributed by atoms with E-state index < -0.39 is 24.0 Å². The van der Waals surface area contributed by atoms with Crippen molar-refractivity contribution < 1.29 is 14.7 Å². The molecule has 6 nitrogen and oxygen atoms in total. The maximum Gasteiger partial charge on any atom is 0.320 e. The molecular formula is C14H21N3O3. The molecule has 1 rings (SSSR count). The molecule has 0 aliphatic heterocycles. The molecule has 0 spiro atoms. The molecule has 0 radical (unpaired) electrons. The first-order valence-corrected chi connectivity index (χ1v) is 6.47. The molecule has 110 valence electrons. The van der Waals surface area contributed by atoms with E-state index >= 15 is 0 Å². The van der Waals surface area contributed by atoms with Crippen molar-refractivity contribution in [3.63, 3.8) is 0 Å². The van der Waals surface area contributed by atoms with Gasteiger partial charge in [-0.2, -0.15) is 0 Å². The minimum Gasteiger partial charge on any atom is -0.480 e. The molecule has 0 aliphatic rings. The van der Waals surface area contributed by atoms with Gasteiger partial charge < -0.3 is 22.3 Å². The molecular weight excluding hydrogens is 258 g/mol. The fraction of sp³-hybridized carbons (Fsp3) is 0.429. The minimum absolute atomic E-state index is 0.00710. The zero-order chi connectivity index (χ0) is 15.1. The minimum atomic E-state index is -1.15. The molecule has 0 fully saturated rings. The molecule has 6 heteroatoms. The normalized spacial score (nSPS) is 15.3. The zero-order valence-corrected chi connectivity index (χ0v) is 11.2. The number of carboxylic acid groups (broad SMARTS) is 1. The van der Waals surface area contributed by atoms with E-state index in [4.69, 9.17) is 22.3 Å². The van der Waals surface area contributed by atoms with Crippen molar-refractivity contribution in [3.8, 4) is 0 Å². The first-order valence-electron chi connectivity index (χ1n) is 6.47. The number of aliphatic carboxylic acids is 1. The molecule has 1 aromatic rings. The average molecular weight is 279 g/mol. The Labute approximate surface area is 117 Å². The van der Waals surface area contributed by atoms with Crippen LogP contribution in [-0.2, 0) is 16.0 Å². The first kappa shape index (κ1) is 16.3. The zero-order valence-electron chi connectivity index (χ0n) is 11.2. The van der Waals surface area contributed by atoms with Crippen LogP contribution in [0.2, 0.25) is 0 Å². The van der Waals surface area contributed by atoms with Gasteiger partial charge in [0.2, 0.25) is 0 Å². The summed E-state index contributed by atoms with van der Waals surface area (Å²) in [7, 11) is 0. The van der Waals surface area contributed by atoms with Crippen LogP contribution in [0.15, 0.2) is 30.3 Å². The second-order valence-corrected chi connectivity index (χ2v) is 4.81. The number of ketones is 1. The Balaban J connectivity index is 2.63. The molecule has 0 heterocycles. The molecule has 0 amide bonds. The van der Waals surface area contributed by atoms with E-state index in [1.54, 1.807) is 0 Å². The van der Waals surface area contributed by atoms with Gasteiger partial charge >= 0.3 is 5.97 Å². The van der Waals surface area contributed by atoms with Crippen molar-refractivity contribution in [2.45, 2.75) is 24.9 Å². The van der Waals surface area contributed by atoms with Crippen molar-refractivity contribution in [1.29, 1.82) is 0 Å². The SMILES string of the molecule is NCC(C[C@H](N)C(=O)O)C(=O)[C@@H](N)Cc1ccccc1. The molecule has 1 aromatic carbocycles. The second kappa shape index (κ2) is 7.74. The number of carbonyl (C=O) groups excluding carboxylic acids is 1. The highest BCUT2D eigenvalue weighted by Gasteiger charge is 2.27. The monoisotopic (exact) mass is 279 g/mol. The fourth-order valence-electron chi connectivity index (χ4n) is 2.01. The summed E-state index contributed by atoms with van der Waals surface area (Å²) in [6, 6.07) is 7.58. The number of rotatable bonds is 8. The highest BCUT2D eigenvalue weighted by atomic mass is 16.4. The lowest BCUT2D eigenvalue weighted by Gasteiger charge is -2.20. The molecule has 3 atom stereocenters. The van der Waals surface area contributed by atoms with Crippen molar-refractivity contribution >= 4 is 11.8 Å². The number of carboxylic acids is 1. The van der Waals surface area contributed by atoms with E-state index in [9.17, 15) is 9.59 Å². The molecule has 20 heavy (non-hydrogen) atoms. The van der Waals surface area contributed by atoms with Gasteiger partial charge in [-0.3, -0.25) is 9.59 Å². The first-order chi connectivity index (χ1) is 9.45. The summed E-state index contributed by atoms with van der Waals surface area (Å²) in [5, 5.41) is 8.77. The summed E-state index contributed by atoms with van der Waals surface area (Å²) >= 11 is 0. The highest BCUT2D eigenvalue weighted by Crippen LogP contribution is 2.11. The number of carbonyl (C=O) groups is 2. The Morgan fingerprint density at radius 2 is 1.70 bits per heavy atom. The van der Waals surface area contributed by atoms with Gasteiger partial charge in [-0.25, -0.2) is 0 Å². The Hall–Kier alpha value is -1.76. The van der Waals surface area contributed by atoms with Gasteiger partial charge in [0, 0.05) is 12.5 Å². The van der Waals surface area contributed by atoms with Gasteiger partial charge in [-0.15, -0.1) is 0 Å².